The molecule has 1 aliphatic carbocycles. The Hall–Kier alpha value is -2.75. The third-order valence-electron chi connectivity index (χ3n) is 6.47. The molecule has 1 N–H and O–H groups in total. The van der Waals surface area contributed by atoms with E-state index >= 15 is 0 Å². The van der Waals surface area contributed by atoms with Gasteiger partial charge in [-0.15, -0.1) is 0 Å². The van der Waals surface area contributed by atoms with Gasteiger partial charge in [-0.1, -0.05) is 18.0 Å². The van der Waals surface area contributed by atoms with E-state index in [1.54, 1.807) is 17.9 Å². The minimum atomic E-state index is -0.180. The van der Waals surface area contributed by atoms with Gasteiger partial charge in [0.05, 0.1) is 18.4 Å². The van der Waals surface area contributed by atoms with E-state index in [0.717, 1.165) is 25.7 Å². The summed E-state index contributed by atoms with van der Waals surface area (Å²) in [4.78, 5) is 54.9. The van der Waals surface area contributed by atoms with Gasteiger partial charge < -0.3 is 14.7 Å². The highest BCUT2D eigenvalue weighted by Gasteiger charge is 2.47. The van der Waals surface area contributed by atoms with Gasteiger partial charge in [-0.2, -0.15) is 0 Å². The second kappa shape index (κ2) is 9.17. The lowest BCUT2D eigenvalue weighted by atomic mass is 9.81. The molecule has 31 heavy (non-hydrogen) atoms. The number of carbonyl (C=O) groups excluding carboxylic acids is 4. The zero-order chi connectivity index (χ0) is 22.0. The fraction of sp³-hybridized carbons (Fsp3) is 0.667. The number of aryl methyl sites for hydroxylation is 1. The van der Waals surface area contributed by atoms with Crippen molar-refractivity contribution < 1.29 is 23.7 Å². The third-order valence-corrected chi connectivity index (χ3v) is 6.47. The van der Waals surface area contributed by atoms with Crippen molar-refractivity contribution in [2.45, 2.75) is 39.0 Å². The van der Waals surface area contributed by atoms with Gasteiger partial charge in [-0.25, -0.2) is 0 Å². The minimum Gasteiger partial charge on any atom is -0.360 e. The SMILES string of the molecule is Cc1cc(NC(=O)CN2CCN(C(=O)CCN3C(=O)[C@H]4CCCC[C@H]4C3=O)CC2)no1. The molecule has 0 spiro atoms. The molecule has 3 fully saturated rings. The summed E-state index contributed by atoms with van der Waals surface area (Å²) in [6.45, 7) is 4.34. The van der Waals surface area contributed by atoms with Crippen LogP contribution in [0, 0.1) is 18.8 Å². The van der Waals surface area contributed by atoms with Gasteiger partial charge in [-0.3, -0.25) is 29.0 Å². The number of nitrogens with zero attached hydrogens (tertiary/aromatic N) is 4. The Morgan fingerprint density at radius 3 is 2.32 bits per heavy atom. The summed E-state index contributed by atoms with van der Waals surface area (Å²) < 4.78 is 4.93. The van der Waals surface area contributed by atoms with E-state index in [-0.39, 0.29) is 55.0 Å². The first-order valence-corrected chi connectivity index (χ1v) is 11.0. The van der Waals surface area contributed by atoms with Crippen LogP contribution in [0.4, 0.5) is 5.82 Å². The summed E-state index contributed by atoms with van der Waals surface area (Å²) in [6, 6.07) is 1.65. The molecule has 0 aromatic carbocycles. The summed E-state index contributed by atoms with van der Waals surface area (Å²) >= 11 is 0. The van der Waals surface area contributed by atoms with Crippen molar-refractivity contribution in [3.05, 3.63) is 11.8 Å². The molecular formula is C21H29N5O5. The molecule has 1 aromatic heterocycles. The van der Waals surface area contributed by atoms with Crippen LogP contribution in [-0.2, 0) is 19.2 Å². The number of piperazine rings is 1. The molecule has 0 bridgehead atoms. The lowest BCUT2D eigenvalue weighted by Gasteiger charge is -2.34. The van der Waals surface area contributed by atoms with E-state index in [1.807, 2.05) is 4.90 Å². The smallest absolute Gasteiger partial charge is 0.239 e. The lowest BCUT2D eigenvalue weighted by Crippen LogP contribution is -2.51. The van der Waals surface area contributed by atoms with Crippen molar-refractivity contribution in [2.75, 3.05) is 44.6 Å². The standard InChI is InChI=1S/C21H29N5O5/c1-14-12-17(23-31-14)22-18(27)13-24-8-10-25(11-9-24)19(28)6-7-26-20(29)15-4-2-3-5-16(15)21(26)30/h12,15-16H,2-11,13H2,1H3,(H,22,23,27)/t15-,16+. The molecule has 0 radical (unpaired) electrons. The van der Waals surface area contributed by atoms with Crippen molar-refractivity contribution in [1.29, 1.82) is 0 Å². The number of anilines is 1. The Kier molecular flexibility index (Phi) is 6.35. The average Bonchev–Trinajstić information content (AvgIpc) is 3.27. The highest BCUT2D eigenvalue weighted by molar-refractivity contribution is 6.05. The van der Waals surface area contributed by atoms with Gasteiger partial charge in [0.1, 0.15) is 5.76 Å². The van der Waals surface area contributed by atoms with Crippen LogP contribution in [0.5, 0.6) is 0 Å². The highest BCUT2D eigenvalue weighted by Crippen LogP contribution is 2.38. The minimum absolute atomic E-state index is 0.0577. The van der Waals surface area contributed by atoms with Gasteiger partial charge in [0.25, 0.3) is 0 Å². The molecule has 168 valence electrons. The number of amides is 4. The van der Waals surface area contributed by atoms with E-state index in [2.05, 4.69) is 10.5 Å². The first-order valence-electron chi connectivity index (χ1n) is 11.0. The number of aromatic nitrogens is 1. The number of imide groups is 1. The van der Waals surface area contributed by atoms with E-state index in [1.165, 1.54) is 4.90 Å². The summed E-state index contributed by atoms with van der Waals surface area (Å²) in [6.07, 6.45) is 3.71. The maximum absolute atomic E-state index is 12.6. The number of fused-ring (bicyclic) bond motifs is 1. The van der Waals surface area contributed by atoms with Crippen LogP contribution in [0.25, 0.3) is 0 Å². The number of carbonyl (C=O) groups is 4. The monoisotopic (exact) mass is 431 g/mol. The molecule has 3 heterocycles. The fourth-order valence-electron chi connectivity index (χ4n) is 4.78. The first-order chi connectivity index (χ1) is 14.9. The topological polar surface area (TPSA) is 116 Å². The molecule has 1 saturated carbocycles. The Bertz CT molecular complexity index is 836. The van der Waals surface area contributed by atoms with Gasteiger partial charge >= 0.3 is 0 Å². The van der Waals surface area contributed by atoms with Crippen molar-refractivity contribution in [3.63, 3.8) is 0 Å². The van der Waals surface area contributed by atoms with Gasteiger partial charge in [-0.05, 0) is 19.8 Å². The predicted octanol–water partition coefficient (Wildman–Crippen LogP) is 0.631. The number of nitrogens with one attached hydrogen (secondary N) is 1. The molecule has 0 unspecified atom stereocenters. The highest BCUT2D eigenvalue weighted by atomic mass is 16.5. The summed E-state index contributed by atoms with van der Waals surface area (Å²) in [5, 5.41) is 6.43. The van der Waals surface area contributed by atoms with Crippen molar-refractivity contribution in [1.82, 2.24) is 19.9 Å². The normalized spacial score (nSPS) is 24.4. The van der Waals surface area contributed by atoms with E-state index in [4.69, 9.17) is 4.52 Å². The van der Waals surface area contributed by atoms with Crippen LogP contribution >= 0.6 is 0 Å². The number of hydrogen-bond donors (Lipinski definition) is 1. The zero-order valence-corrected chi connectivity index (χ0v) is 17.8. The van der Waals surface area contributed by atoms with E-state index in [0.29, 0.717) is 37.8 Å². The van der Waals surface area contributed by atoms with Crippen LogP contribution in [0.1, 0.15) is 37.9 Å². The number of hydrogen-bond acceptors (Lipinski definition) is 7. The van der Waals surface area contributed by atoms with Crippen LogP contribution in [0.15, 0.2) is 10.6 Å². The molecule has 2 atom stereocenters. The Morgan fingerprint density at radius 1 is 1.10 bits per heavy atom. The first kappa shape index (κ1) is 21.5. The maximum atomic E-state index is 12.6. The lowest BCUT2D eigenvalue weighted by molar-refractivity contribution is -0.141. The molecule has 10 heteroatoms. The largest absolute Gasteiger partial charge is 0.360 e. The predicted molar refractivity (Wildman–Crippen MR) is 110 cm³/mol. The van der Waals surface area contributed by atoms with Crippen molar-refractivity contribution in [3.8, 4) is 0 Å². The van der Waals surface area contributed by atoms with Gasteiger partial charge in [0, 0.05) is 45.2 Å². The Labute approximate surface area is 180 Å². The van der Waals surface area contributed by atoms with Crippen LogP contribution in [0.3, 0.4) is 0 Å². The van der Waals surface area contributed by atoms with Gasteiger partial charge in [0.15, 0.2) is 5.82 Å². The summed E-state index contributed by atoms with van der Waals surface area (Å²) in [5.41, 5.74) is 0. The van der Waals surface area contributed by atoms with Gasteiger partial charge in [0.2, 0.25) is 23.6 Å². The zero-order valence-electron chi connectivity index (χ0n) is 17.8. The van der Waals surface area contributed by atoms with E-state index in [9.17, 15) is 19.2 Å². The molecule has 1 aromatic rings. The summed E-state index contributed by atoms with van der Waals surface area (Å²) in [5.74, 6) is 0.236. The molecular weight excluding hydrogens is 402 g/mol. The Morgan fingerprint density at radius 2 is 1.74 bits per heavy atom. The average molecular weight is 431 g/mol. The molecule has 3 aliphatic rings. The van der Waals surface area contributed by atoms with Crippen LogP contribution in [-0.4, -0.2) is 82.8 Å². The molecule has 4 rings (SSSR count). The molecule has 10 nitrogen and oxygen atoms in total. The number of rotatable bonds is 6. The third kappa shape index (κ3) is 4.79. The quantitative estimate of drug-likeness (QED) is 0.657. The second-order valence-electron chi connectivity index (χ2n) is 8.60. The molecule has 2 saturated heterocycles. The Balaban J connectivity index is 1.19. The van der Waals surface area contributed by atoms with Crippen molar-refractivity contribution in [2.24, 2.45) is 11.8 Å². The van der Waals surface area contributed by atoms with Crippen LogP contribution < -0.4 is 5.32 Å². The molecule has 2 aliphatic heterocycles. The fourth-order valence-corrected chi connectivity index (χ4v) is 4.78. The number of likely N-dealkylation sites (tertiary alicyclic amines) is 1. The maximum Gasteiger partial charge on any atom is 0.239 e. The van der Waals surface area contributed by atoms with Crippen molar-refractivity contribution >= 4 is 29.4 Å². The summed E-state index contributed by atoms with van der Waals surface area (Å²) in [7, 11) is 0. The molecule has 4 amide bonds. The van der Waals surface area contributed by atoms with Crippen LogP contribution in [0.2, 0.25) is 0 Å². The van der Waals surface area contributed by atoms with E-state index < -0.39 is 0 Å². The second-order valence-corrected chi connectivity index (χ2v) is 8.60.